The third kappa shape index (κ3) is 4.33. The molecule has 1 saturated heterocycles. The minimum absolute atomic E-state index is 0.220. The van der Waals surface area contributed by atoms with Crippen molar-refractivity contribution in [2.24, 2.45) is 0 Å². The number of carbonyl (C=O) groups excluding carboxylic acids is 1. The molecule has 6 heteroatoms. The molecule has 1 aromatic heterocycles. The Morgan fingerprint density at radius 3 is 2.83 bits per heavy atom. The number of benzene rings is 1. The Kier molecular flexibility index (Phi) is 5.48. The molecule has 0 spiro atoms. The summed E-state index contributed by atoms with van der Waals surface area (Å²) in [5.74, 6) is -0.220. The summed E-state index contributed by atoms with van der Waals surface area (Å²) in [6.45, 7) is 3.59. The average molecular weight is 390 g/mol. The van der Waals surface area contributed by atoms with Crippen molar-refractivity contribution >= 4 is 33.2 Å². The molecule has 0 aliphatic carbocycles. The van der Waals surface area contributed by atoms with Crippen molar-refractivity contribution in [3.8, 4) is 0 Å². The first-order valence-electron chi connectivity index (χ1n) is 8.01. The summed E-state index contributed by atoms with van der Waals surface area (Å²) in [5, 5.41) is 6.15. The van der Waals surface area contributed by atoms with E-state index < -0.39 is 0 Å². The van der Waals surface area contributed by atoms with Gasteiger partial charge in [-0.25, -0.2) is 4.98 Å². The van der Waals surface area contributed by atoms with Crippen LogP contribution in [0.2, 0.25) is 0 Å². The first kappa shape index (κ1) is 16.9. The highest BCUT2D eigenvalue weighted by Gasteiger charge is 2.15. The number of nitrogens with one attached hydrogen (secondary N) is 2. The van der Waals surface area contributed by atoms with Gasteiger partial charge in [0.2, 0.25) is 0 Å². The van der Waals surface area contributed by atoms with E-state index in [0.29, 0.717) is 5.69 Å². The molecule has 24 heavy (non-hydrogen) atoms. The maximum absolute atomic E-state index is 12.3. The molecule has 2 aromatic rings. The van der Waals surface area contributed by atoms with Crippen LogP contribution < -0.4 is 10.6 Å². The number of ether oxygens (including phenoxy) is 1. The molecule has 5 nitrogen and oxygen atoms in total. The lowest BCUT2D eigenvalue weighted by Crippen LogP contribution is -2.19. The number of aryl methyl sites for hydroxylation is 1. The van der Waals surface area contributed by atoms with Gasteiger partial charge in [0.05, 0.1) is 18.0 Å². The SMILES string of the molecule is Cc1cc(NC(=O)c2ccc(NCC3CCCO3)cn2)ccc1Br. The van der Waals surface area contributed by atoms with Gasteiger partial charge in [0.15, 0.2) is 0 Å². The Bertz CT molecular complexity index is 713. The van der Waals surface area contributed by atoms with Crippen molar-refractivity contribution in [1.82, 2.24) is 4.98 Å². The van der Waals surface area contributed by atoms with E-state index >= 15 is 0 Å². The van der Waals surface area contributed by atoms with Crippen molar-refractivity contribution in [2.75, 3.05) is 23.8 Å². The predicted molar refractivity (Wildman–Crippen MR) is 98.5 cm³/mol. The van der Waals surface area contributed by atoms with Gasteiger partial charge in [-0.1, -0.05) is 15.9 Å². The molecular formula is C18H20BrN3O2. The quantitative estimate of drug-likeness (QED) is 0.810. The second-order valence-electron chi connectivity index (χ2n) is 5.87. The Hall–Kier alpha value is -1.92. The number of carbonyl (C=O) groups is 1. The number of hydrogen-bond donors (Lipinski definition) is 2. The van der Waals surface area contributed by atoms with Crippen molar-refractivity contribution in [2.45, 2.75) is 25.9 Å². The fraction of sp³-hybridized carbons (Fsp3) is 0.333. The highest BCUT2D eigenvalue weighted by molar-refractivity contribution is 9.10. The summed E-state index contributed by atoms with van der Waals surface area (Å²) < 4.78 is 6.58. The fourth-order valence-corrected chi connectivity index (χ4v) is 2.83. The van der Waals surface area contributed by atoms with E-state index in [0.717, 1.165) is 47.4 Å². The standard InChI is InChI=1S/C18H20BrN3O2/c1-12-9-13(4-6-16(12)19)22-18(23)17-7-5-14(10-21-17)20-11-15-3-2-8-24-15/h4-7,9-10,15,20H,2-3,8,11H2,1H3,(H,22,23). The second kappa shape index (κ2) is 7.77. The number of amides is 1. The van der Waals surface area contributed by atoms with Crippen molar-refractivity contribution in [3.63, 3.8) is 0 Å². The Morgan fingerprint density at radius 2 is 2.17 bits per heavy atom. The molecule has 0 saturated carbocycles. The van der Waals surface area contributed by atoms with Gasteiger partial charge >= 0.3 is 0 Å². The lowest BCUT2D eigenvalue weighted by Gasteiger charge is -2.12. The van der Waals surface area contributed by atoms with E-state index in [1.165, 1.54) is 0 Å². The van der Waals surface area contributed by atoms with Crippen molar-refractivity contribution < 1.29 is 9.53 Å². The van der Waals surface area contributed by atoms with Gasteiger partial charge in [-0.15, -0.1) is 0 Å². The lowest BCUT2D eigenvalue weighted by atomic mass is 10.2. The van der Waals surface area contributed by atoms with E-state index in [2.05, 4.69) is 31.5 Å². The maximum atomic E-state index is 12.3. The fourth-order valence-electron chi connectivity index (χ4n) is 2.59. The van der Waals surface area contributed by atoms with Crippen LogP contribution in [0.1, 0.15) is 28.9 Å². The van der Waals surface area contributed by atoms with Gasteiger partial charge in [-0.2, -0.15) is 0 Å². The number of rotatable bonds is 5. The minimum atomic E-state index is -0.220. The molecule has 1 atom stereocenters. The molecule has 2 N–H and O–H groups in total. The summed E-state index contributed by atoms with van der Waals surface area (Å²) in [4.78, 5) is 16.5. The van der Waals surface area contributed by atoms with Gasteiger partial charge in [-0.3, -0.25) is 4.79 Å². The second-order valence-corrected chi connectivity index (χ2v) is 6.72. The zero-order chi connectivity index (χ0) is 16.9. The van der Waals surface area contributed by atoms with Crippen molar-refractivity contribution in [3.05, 3.63) is 52.3 Å². The number of anilines is 2. The monoisotopic (exact) mass is 389 g/mol. The molecule has 126 valence electrons. The highest BCUT2D eigenvalue weighted by Crippen LogP contribution is 2.20. The van der Waals surface area contributed by atoms with Crippen LogP contribution in [0.25, 0.3) is 0 Å². The summed E-state index contributed by atoms with van der Waals surface area (Å²) >= 11 is 3.45. The number of hydrogen-bond acceptors (Lipinski definition) is 4. The molecule has 1 unspecified atom stereocenters. The molecule has 1 fully saturated rings. The van der Waals surface area contributed by atoms with Crippen LogP contribution in [0, 0.1) is 6.92 Å². The minimum Gasteiger partial charge on any atom is -0.381 e. The van der Waals surface area contributed by atoms with Crippen LogP contribution in [0.3, 0.4) is 0 Å². The summed E-state index contributed by atoms with van der Waals surface area (Å²) in [5.41, 5.74) is 3.09. The van der Waals surface area contributed by atoms with Gasteiger partial charge in [0.1, 0.15) is 5.69 Å². The first-order chi connectivity index (χ1) is 11.6. The number of pyridine rings is 1. The van der Waals surface area contributed by atoms with Gasteiger partial charge in [0.25, 0.3) is 5.91 Å². The smallest absolute Gasteiger partial charge is 0.274 e. The van der Waals surface area contributed by atoms with Crippen LogP contribution >= 0.6 is 15.9 Å². The zero-order valence-corrected chi connectivity index (χ0v) is 15.1. The normalized spacial score (nSPS) is 16.8. The molecule has 1 amide bonds. The van der Waals surface area contributed by atoms with Crippen LogP contribution in [0.5, 0.6) is 0 Å². The van der Waals surface area contributed by atoms with Crippen molar-refractivity contribution in [1.29, 1.82) is 0 Å². The maximum Gasteiger partial charge on any atom is 0.274 e. The van der Waals surface area contributed by atoms with Gasteiger partial charge < -0.3 is 15.4 Å². The van der Waals surface area contributed by atoms with Gasteiger partial charge in [-0.05, 0) is 55.7 Å². The Labute approximate surface area is 149 Å². The van der Waals surface area contributed by atoms with E-state index in [9.17, 15) is 4.79 Å². The predicted octanol–water partition coefficient (Wildman–Crippen LogP) is 4.00. The average Bonchev–Trinajstić information content (AvgIpc) is 3.10. The van der Waals surface area contributed by atoms with E-state index in [-0.39, 0.29) is 12.0 Å². The third-order valence-electron chi connectivity index (χ3n) is 3.97. The largest absolute Gasteiger partial charge is 0.381 e. The van der Waals surface area contributed by atoms with Crippen LogP contribution in [0.15, 0.2) is 41.0 Å². The molecule has 1 aliphatic heterocycles. The van der Waals surface area contributed by atoms with E-state index in [4.69, 9.17) is 4.74 Å². The Morgan fingerprint density at radius 1 is 1.33 bits per heavy atom. The summed E-state index contributed by atoms with van der Waals surface area (Å²) in [6, 6.07) is 9.27. The molecule has 1 aromatic carbocycles. The zero-order valence-electron chi connectivity index (χ0n) is 13.5. The highest BCUT2D eigenvalue weighted by atomic mass is 79.9. The van der Waals surface area contributed by atoms with Gasteiger partial charge in [0, 0.05) is 23.3 Å². The van der Waals surface area contributed by atoms with E-state index in [1.54, 1.807) is 12.3 Å². The van der Waals surface area contributed by atoms with Crippen LogP contribution in [-0.4, -0.2) is 30.1 Å². The third-order valence-corrected chi connectivity index (χ3v) is 4.86. The van der Waals surface area contributed by atoms with E-state index in [1.807, 2.05) is 31.2 Å². The van der Waals surface area contributed by atoms with Crippen LogP contribution in [0.4, 0.5) is 11.4 Å². The number of halogens is 1. The lowest BCUT2D eigenvalue weighted by molar-refractivity contribution is 0.102. The molecule has 2 heterocycles. The topological polar surface area (TPSA) is 63.2 Å². The first-order valence-corrected chi connectivity index (χ1v) is 8.80. The molecule has 3 rings (SSSR count). The number of nitrogens with zero attached hydrogens (tertiary/aromatic N) is 1. The molecule has 1 aliphatic rings. The summed E-state index contributed by atoms with van der Waals surface area (Å²) in [7, 11) is 0. The van der Waals surface area contributed by atoms with Crippen LogP contribution in [-0.2, 0) is 4.74 Å². The molecule has 0 bridgehead atoms. The molecular weight excluding hydrogens is 370 g/mol. The summed E-state index contributed by atoms with van der Waals surface area (Å²) in [6.07, 6.45) is 4.16. The number of aromatic nitrogens is 1. The Balaban J connectivity index is 1.57. The molecule has 0 radical (unpaired) electrons.